The van der Waals surface area contributed by atoms with Crippen LogP contribution in [0.15, 0.2) is 78.5 Å². The molecule has 0 amide bonds. The van der Waals surface area contributed by atoms with Gasteiger partial charge in [-0.2, -0.15) is 0 Å². The molecule has 3 rings (SSSR count). The fourth-order valence-corrected chi connectivity index (χ4v) is 2.12. The number of nitrogens with zero attached hydrogens (tertiary/aromatic N) is 1. The van der Waals surface area contributed by atoms with Crippen LogP contribution in [0.25, 0.3) is 11.1 Å². The second-order valence-electron chi connectivity index (χ2n) is 6.88. The zero-order valence-electron chi connectivity index (χ0n) is 20.3. The van der Waals surface area contributed by atoms with E-state index in [1.807, 2.05) is 76.4 Å². The lowest BCUT2D eigenvalue weighted by molar-refractivity contribution is 0.415. The van der Waals surface area contributed by atoms with Gasteiger partial charge in [0.25, 0.3) is 0 Å². The predicted molar refractivity (Wildman–Crippen MR) is 133 cm³/mol. The van der Waals surface area contributed by atoms with E-state index in [0.29, 0.717) is 0 Å². The van der Waals surface area contributed by atoms with E-state index in [9.17, 15) is 0 Å². The molecule has 0 unspecified atom stereocenters. The van der Waals surface area contributed by atoms with Crippen molar-refractivity contribution in [2.75, 3.05) is 7.11 Å². The number of benzene rings is 2. The summed E-state index contributed by atoms with van der Waals surface area (Å²) in [6, 6.07) is 20.4. The number of methoxy groups -OCH3 is 1. The summed E-state index contributed by atoms with van der Waals surface area (Å²) in [5.41, 5.74) is 7.31. The number of aryl methyl sites for hydroxylation is 3. The van der Waals surface area contributed by atoms with Crippen LogP contribution < -0.4 is 4.74 Å². The normalized spacial score (nSPS) is 8.83. The smallest absolute Gasteiger partial charge is 0.118 e. The number of hydrogen-bond acceptors (Lipinski definition) is 2. The molecule has 3 aromatic rings. The monoisotopic (exact) mass is 405 g/mol. The molecule has 0 aliphatic carbocycles. The predicted octanol–water partition coefficient (Wildman–Crippen LogP) is 8.37. The van der Waals surface area contributed by atoms with Crippen LogP contribution in [0.2, 0.25) is 0 Å². The van der Waals surface area contributed by atoms with E-state index >= 15 is 0 Å². The molecule has 0 saturated heterocycles. The van der Waals surface area contributed by atoms with Crippen LogP contribution in [-0.4, -0.2) is 12.1 Å². The summed E-state index contributed by atoms with van der Waals surface area (Å²) in [4.78, 5) is 4.37. The van der Waals surface area contributed by atoms with Gasteiger partial charge in [0, 0.05) is 17.5 Å². The molecule has 0 saturated carbocycles. The Labute approximate surface area is 184 Å². The van der Waals surface area contributed by atoms with Crippen molar-refractivity contribution in [2.45, 2.75) is 55.4 Å². The van der Waals surface area contributed by atoms with Crippen LogP contribution in [0.1, 0.15) is 51.4 Å². The van der Waals surface area contributed by atoms with E-state index in [-0.39, 0.29) is 0 Å². The van der Waals surface area contributed by atoms with Crippen molar-refractivity contribution in [1.82, 2.24) is 4.98 Å². The van der Waals surface area contributed by atoms with Crippen molar-refractivity contribution >= 4 is 0 Å². The topological polar surface area (TPSA) is 22.1 Å². The number of pyridine rings is 1. The molecule has 0 fully saturated rings. The third-order valence-corrected chi connectivity index (χ3v) is 4.28. The Morgan fingerprint density at radius 1 is 0.833 bits per heavy atom. The standard InChI is InChI=1S/C14H15NO.C7H8.C5H10.C2H6/c1-10-8-13(9-15-11(10)2)12-4-6-14(16-3)7-5-12;1-7-5-3-2-4-6-7;1-4-5(2)3;1-2/h4-9H,1-3H3;2-6H,1H3;4H,1-3H3;1-2H3. The summed E-state index contributed by atoms with van der Waals surface area (Å²) >= 11 is 0. The molecule has 1 heterocycles. The highest BCUT2D eigenvalue weighted by Gasteiger charge is 2.01. The highest BCUT2D eigenvalue weighted by atomic mass is 16.5. The first-order valence-corrected chi connectivity index (χ1v) is 10.6. The number of hydrogen-bond donors (Lipinski definition) is 0. The minimum Gasteiger partial charge on any atom is -0.497 e. The minimum absolute atomic E-state index is 0.876. The summed E-state index contributed by atoms with van der Waals surface area (Å²) in [5, 5.41) is 0. The summed E-state index contributed by atoms with van der Waals surface area (Å²) in [6.07, 6.45) is 3.99. The Balaban J connectivity index is 0.000000497. The van der Waals surface area contributed by atoms with Crippen molar-refractivity contribution in [1.29, 1.82) is 0 Å². The quantitative estimate of drug-likeness (QED) is 0.399. The summed E-state index contributed by atoms with van der Waals surface area (Å²) < 4.78 is 5.13. The maximum absolute atomic E-state index is 5.13. The average Bonchev–Trinajstić information content (AvgIpc) is 2.78. The van der Waals surface area contributed by atoms with E-state index in [2.05, 4.69) is 57.0 Å². The maximum atomic E-state index is 5.13. The van der Waals surface area contributed by atoms with Crippen LogP contribution in [-0.2, 0) is 0 Å². The van der Waals surface area contributed by atoms with Gasteiger partial charge in [-0.3, -0.25) is 4.98 Å². The fraction of sp³-hybridized carbons (Fsp3) is 0.321. The number of ether oxygens (including phenoxy) is 1. The molecule has 0 N–H and O–H groups in total. The second-order valence-corrected chi connectivity index (χ2v) is 6.88. The second kappa shape index (κ2) is 16.0. The van der Waals surface area contributed by atoms with E-state index in [1.54, 1.807) is 7.11 Å². The Hall–Kier alpha value is -2.87. The Kier molecular flexibility index (Phi) is 14.5. The lowest BCUT2D eigenvalue weighted by atomic mass is 10.1. The third-order valence-electron chi connectivity index (χ3n) is 4.28. The van der Waals surface area contributed by atoms with Crippen molar-refractivity contribution in [2.24, 2.45) is 0 Å². The molecule has 1 aromatic heterocycles. The van der Waals surface area contributed by atoms with Crippen molar-refractivity contribution in [3.8, 4) is 16.9 Å². The highest BCUT2D eigenvalue weighted by Crippen LogP contribution is 2.23. The van der Waals surface area contributed by atoms with Gasteiger partial charge in [0.1, 0.15) is 5.75 Å². The number of rotatable bonds is 2. The number of aromatic nitrogens is 1. The van der Waals surface area contributed by atoms with Crippen molar-refractivity contribution in [3.05, 3.63) is 95.3 Å². The molecule has 2 nitrogen and oxygen atoms in total. The minimum atomic E-state index is 0.876. The molecule has 0 atom stereocenters. The third kappa shape index (κ3) is 11.2. The number of allylic oxidation sites excluding steroid dienone is 2. The molecule has 0 radical (unpaired) electrons. The molecular weight excluding hydrogens is 366 g/mol. The Morgan fingerprint density at radius 3 is 1.73 bits per heavy atom. The summed E-state index contributed by atoms with van der Waals surface area (Å²) in [6.45, 7) is 16.4. The molecule has 0 aliphatic rings. The van der Waals surface area contributed by atoms with Crippen LogP contribution in [0.5, 0.6) is 5.75 Å². The Bertz CT molecular complexity index is 846. The molecule has 162 valence electrons. The molecule has 2 heteroatoms. The SMILES string of the molecule is CC.CC=C(C)C.COc1ccc(-c2cnc(C)c(C)c2)cc1.Cc1ccccc1. The van der Waals surface area contributed by atoms with Gasteiger partial charge in [0.2, 0.25) is 0 Å². The zero-order chi connectivity index (χ0) is 22.9. The zero-order valence-corrected chi connectivity index (χ0v) is 20.3. The molecule has 0 bridgehead atoms. The van der Waals surface area contributed by atoms with Gasteiger partial charge in [0.05, 0.1) is 7.11 Å². The molecule has 30 heavy (non-hydrogen) atoms. The van der Waals surface area contributed by atoms with Gasteiger partial charge in [-0.25, -0.2) is 0 Å². The van der Waals surface area contributed by atoms with Gasteiger partial charge in [-0.15, -0.1) is 0 Å². The maximum Gasteiger partial charge on any atom is 0.118 e. The van der Waals surface area contributed by atoms with Gasteiger partial charge in [-0.05, 0) is 70.9 Å². The first-order valence-electron chi connectivity index (χ1n) is 10.6. The largest absolute Gasteiger partial charge is 0.497 e. The summed E-state index contributed by atoms with van der Waals surface area (Å²) in [5.74, 6) is 0.876. The lowest BCUT2D eigenvalue weighted by Gasteiger charge is -2.05. The van der Waals surface area contributed by atoms with Crippen LogP contribution in [0, 0.1) is 20.8 Å². The highest BCUT2D eigenvalue weighted by molar-refractivity contribution is 5.64. The van der Waals surface area contributed by atoms with Crippen LogP contribution >= 0.6 is 0 Å². The first-order chi connectivity index (χ1) is 14.4. The van der Waals surface area contributed by atoms with Gasteiger partial charge >= 0.3 is 0 Å². The first kappa shape index (κ1) is 27.1. The van der Waals surface area contributed by atoms with Crippen LogP contribution in [0.3, 0.4) is 0 Å². The lowest BCUT2D eigenvalue weighted by Crippen LogP contribution is -1.88. The average molecular weight is 406 g/mol. The molecular formula is C28H39NO. The summed E-state index contributed by atoms with van der Waals surface area (Å²) in [7, 11) is 1.67. The van der Waals surface area contributed by atoms with Crippen LogP contribution in [0.4, 0.5) is 0 Å². The fourth-order valence-electron chi connectivity index (χ4n) is 2.12. The van der Waals surface area contributed by atoms with E-state index in [4.69, 9.17) is 4.74 Å². The van der Waals surface area contributed by atoms with Gasteiger partial charge in [0.15, 0.2) is 0 Å². The van der Waals surface area contributed by atoms with Crippen molar-refractivity contribution in [3.63, 3.8) is 0 Å². The van der Waals surface area contributed by atoms with E-state index < -0.39 is 0 Å². The van der Waals surface area contributed by atoms with E-state index in [1.165, 1.54) is 16.7 Å². The Morgan fingerprint density at radius 2 is 1.37 bits per heavy atom. The van der Waals surface area contributed by atoms with E-state index in [0.717, 1.165) is 22.6 Å². The van der Waals surface area contributed by atoms with Crippen molar-refractivity contribution < 1.29 is 4.74 Å². The molecule has 0 spiro atoms. The van der Waals surface area contributed by atoms with Gasteiger partial charge in [-0.1, -0.05) is 73.5 Å². The molecule has 0 aliphatic heterocycles. The molecule has 2 aromatic carbocycles. The van der Waals surface area contributed by atoms with Gasteiger partial charge < -0.3 is 4.74 Å².